The van der Waals surface area contributed by atoms with Crippen molar-refractivity contribution in [2.75, 3.05) is 26.8 Å². The third-order valence-electron chi connectivity index (χ3n) is 4.76. The van der Waals surface area contributed by atoms with Gasteiger partial charge in [-0.25, -0.2) is 4.79 Å². The number of ether oxygens (including phenoxy) is 2. The van der Waals surface area contributed by atoms with Crippen molar-refractivity contribution in [2.24, 2.45) is 0 Å². The standard InChI is InChI=1S/C22H24N2O5/c1-4-24-20(25)15-10-16-18(12-29-19(16)17(11-15)21(26)23-3)13-7-6-8-14(9-13)22(27)28-5-2/h6-11,18H,4-5,12H2,1-3H3,(H,23,26)(H,24,25). The lowest BCUT2D eigenvalue weighted by molar-refractivity contribution is 0.0526. The van der Waals surface area contributed by atoms with Crippen molar-refractivity contribution < 1.29 is 23.9 Å². The summed E-state index contributed by atoms with van der Waals surface area (Å²) >= 11 is 0. The summed E-state index contributed by atoms with van der Waals surface area (Å²) in [6.07, 6.45) is 0. The molecule has 3 rings (SSSR count). The molecule has 2 N–H and O–H groups in total. The molecule has 0 bridgehead atoms. The highest BCUT2D eigenvalue weighted by atomic mass is 16.5. The normalized spacial score (nSPS) is 14.5. The van der Waals surface area contributed by atoms with Crippen molar-refractivity contribution in [3.8, 4) is 5.75 Å². The van der Waals surface area contributed by atoms with E-state index >= 15 is 0 Å². The zero-order chi connectivity index (χ0) is 21.0. The SMILES string of the molecule is CCNC(=O)c1cc(C(=O)NC)c2c(c1)C(c1cccc(C(=O)OCC)c1)CO2. The fourth-order valence-corrected chi connectivity index (χ4v) is 3.40. The Morgan fingerprint density at radius 3 is 2.59 bits per heavy atom. The first-order valence-electron chi connectivity index (χ1n) is 9.58. The third kappa shape index (κ3) is 4.08. The van der Waals surface area contributed by atoms with Crippen LogP contribution in [0.4, 0.5) is 0 Å². The van der Waals surface area contributed by atoms with Crippen LogP contribution in [0.25, 0.3) is 0 Å². The molecule has 1 unspecified atom stereocenters. The number of carbonyl (C=O) groups excluding carboxylic acids is 3. The first-order valence-corrected chi connectivity index (χ1v) is 9.58. The summed E-state index contributed by atoms with van der Waals surface area (Å²) in [5.74, 6) is -0.726. The summed E-state index contributed by atoms with van der Waals surface area (Å²) in [5.41, 5.74) is 2.75. The van der Waals surface area contributed by atoms with E-state index in [-0.39, 0.29) is 17.7 Å². The minimum atomic E-state index is -0.393. The molecule has 0 aliphatic carbocycles. The van der Waals surface area contributed by atoms with Crippen molar-refractivity contribution in [3.63, 3.8) is 0 Å². The van der Waals surface area contributed by atoms with Crippen molar-refractivity contribution in [1.82, 2.24) is 10.6 Å². The number of nitrogens with one attached hydrogen (secondary N) is 2. The molecule has 2 amide bonds. The van der Waals surface area contributed by atoms with Crippen LogP contribution in [0.3, 0.4) is 0 Å². The molecule has 0 fully saturated rings. The zero-order valence-corrected chi connectivity index (χ0v) is 16.7. The summed E-state index contributed by atoms with van der Waals surface area (Å²) in [7, 11) is 1.53. The molecule has 1 aliphatic heterocycles. The minimum Gasteiger partial charge on any atom is -0.491 e. The second-order valence-electron chi connectivity index (χ2n) is 6.59. The summed E-state index contributed by atoms with van der Waals surface area (Å²) in [4.78, 5) is 36.9. The molecule has 0 saturated heterocycles. The lowest BCUT2D eigenvalue weighted by atomic mass is 9.89. The van der Waals surface area contributed by atoms with Gasteiger partial charge in [-0.15, -0.1) is 0 Å². The topological polar surface area (TPSA) is 93.7 Å². The van der Waals surface area contributed by atoms with Gasteiger partial charge >= 0.3 is 5.97 Å². The van der Waals surface area contributed by atoms with E-state index in [0.29, 0.717) is 42.2 Å². The molecular weight excluding hydrogens is 372 g/mol. The number of esters is 1. The van der Waals surface area contributed by atoms with E-state index in [1.807, 2.05) is 13.0 Å². The molecule has 0 saturated carbocycles. The van der Waals surface area contributed by atoms with Gasteiger partial charge in [-0.05, 0) is 43.7 Å². The van der Waals surface area contributed by atoms with E-state index in [9.17, 15) is 14.4 Å². The summed E-state index contributed by atoms with van der Waals surface area (Å²) in [5, 5.41) is 5.35. The van der Waals surface area contributed by atoms with Crippen LogP contribution in [-0.4, -0.2) is 44.6 Å². The van der Waals surface area contributed by atoms with E-state index in [4.69, 9.17) is 9.47 Å². The Kier molecular flexibility index (Phi) is 6.16. The van der Waals surface area contributed by atoms with Gasteiger partial charge in [0.05, 0.1) is 24.3 Å². The molecule has 7 nitrogen and oxygen atoms in total. The quantitative estimate of drug-likeness (QED) is 0.732. The van der Waals surface area contributed by atoms with E-state index in [1.54, 1.807) is 37.3 Å². The van der Waals surface area contributed by atoms with E-state index in [0.717, 1.165) is 11.1 Å². The second-order valence-corrected chi connectivity index (χ2v) is 6.59. The van der Waals surface area contributed by atoms with Gasteiger partial charge in [0, 0.05) is 30.6 Å². The van der Waals surface area contributed by atoms with Gasteiger partial charge in [0.15, 0.2) is 0 Å². The molecule has 1 atom stereocenters. The number of hydrogen-bond donors (Lipinski definition) is 2. The molecule has 2 aromatic rings. The lowest BCUT2D eigenvalue weighted by Crippen LogP contribution is -2.24. The number of benzene rings is 2. The smallest absolute Gasteiger partial charge is 0.338 e. The summed E-state index contributed by atoms with van der Waals surface area (Å²) < 4.78 is 10.9. The molecule has 29 heavy (non-hydrogen) atoms. The fourth-order valence-electron chi connectivity index (χ4n) is 3.40. The molecule has 7 heteroatoms. The highest BCUT2D eigenvalue weighted by Gasteiger charge is 2.31. The van der Waals surface area contributed by atoms with Crippen LogP contribution < -0.4 is 15.4 Å². The van der Waals surface area contributed by atoms with Gasteiger partial charge in [-0.2, -0.15) is 0 Å². The van der Waals surface area contributed by atoms with Gasteiger partial charge in [0.1, 0.15) is 5.75 Å². The van der Waals surface area contributed by atoms with Crippen molar-refractivity contribution in [3.05, 3.63) is 64.2 Å². The zero-order valence-electron chi connectivity index (χ0n) is 16.7. The van der Waals surface area contributed by atoms with Crippen LogP contribution in [0.15, 0.2) is 36.4 Å². The Bertz CT molecular complexity index is 954. The second kappa shape index (κ2) is 8.77. The van der Waals surface area contributed by atoms with E-state index < -0.39 is 5.97 Å². The minimum absolute atomic E-state index is 0.211. The first kappa shape index (κ1) is 20.4. The number of rotatable bonds is 6. The fraction of sp³-hybridized carbons (Fsp3) is 0.318. The maximum absolute atomic E-state index is 12.4. The van der Waals surface area contributed by atoms with E-state index in [1.165, 1.54) is 7.05 Å². The van der Waals surface area contributed by atoms with Gasteiger partial charge < -0.3 is 20.1 Å². The highest BCUT2D eigenvalue weighted by molar-refractivity contribution is 6.02. The van der Waals surface area contributed by atoms with Gasteiger partial charge in [-0.1, -0.05) is 12.1 Å². The number of hydrogen-bond acceptors (Lipinski definition) is 5. The third-order valence-corrected chi connectivity index (χ3v) is 4.76. The van der Waals surface area contributed by atoms with Crippen molar-refractivity contribution >= 4 is 17.8 Å². The number of fused-ring (bicyclic) bond motifs is 1. The van der Waals surface area contributed by atoms with Gasteiger partial charge in [0.25, 0.3) is 11.8 Å². The predicted molar refractivity (Wildman–Crippen MR) is 108 cm³/mol. The van der Waals surface area contributed by atoms with E-state index in [2.05, 4.69) is 10.6 Å². The Balaban J connectivity index is 2.06. The molecular formula is C22H24N2O5. The lowest BCUT2D eigenvalue weighted by Gasteiger charge is -2.13. The number of amides is 2. The number of carbonyl (C=O) groups is 3. The maximum Gasteiger partial charge on any atom is 0.338 e. The van der Waals surface area contributed by atoms with Crippen molar-refractivity contribution in [2.45, 2.75) is 19.8 Å². The molecule has 0 aromatic heterocycles. The largest absolute Gasteiger partial charge is 0.491 e. The summed E-state index contributed by atoms with van der Waals surface area (Å²) in [6.45, 7) is 4.67. The maximum atomic E-state index is 12.4. The predicted octanol–water partition coefficient (Wildman–Crippen LogP) is 2.50. The Morgan fingerprint density at radius 1 is 1.10 bits per heavy atom. The Hall–Kier alpha value is -3.35. The molecule has 1 aliphatic rings. The van der Waals surface area contributed by atoms with Crippen LogP contribution in [0, 0.1) is 0 Å². The molecule has 0 spiro atoms. The Labute approximate surface area is 169 Å². The van der Waals surface area contributed by atoms with Crippen LogP contribution in [0.5, 0.6) is 5.75 Å². The van der Waals surface area contributed by atoms with Gasteiger partial charge in [-0.3, -0.25) is 9.59 Å². The molecule has 0 radical (unpaired) electrons. The summed E-state index contributed by atoms with van der Waals surface area (Å²) in [6, 6.07) is 10.4. The molecule has 152 valence electrons. The van der Waals surface area contributed by atoms with Crippen LogP contribution >= 0.6 is 0 Å². The first-order chi connectivity index (χ1) is 14.0. The van der Waals surface area contributed by atoms with Crippen LogP contribution in [0.2, 0.25) is 0 Å². The molecule has 1 heterocycles. The average molecular weight is 396 g/mol. The van der Waals surface area contributed by atoms with Gasteiger partial charge in [0.2, 0.25) is 0 Å². The Morgan fingerprint density at radius 2 is 1.90 bits per heavy atom. The molecule has 2 aromatic carbocycles. The monoisotopic (exact) mass is 396 g/mol. The average Bonchev–Trinajstić information content (AvgIpc) is 3.17. The van der Waals surface area contributed by atoms with Crippen LogP contribution in [-0.2, 0) is 4.74 Å². The van der Waals surface area contributed by atoms with Crippen molar-refractivity contribution in [1.29, 1.82) is 0 Å². The highest BCUT2D eigenvalue weighted by Crippen LogP contribution is 2.41. The van der Waals surface area contributed by atoms with Crippen LogP contribution in [0.1, 0.15) is 62.0 Å².